The first-order valence-electron chi connectivity index (χ1n) is 19.2. The highest BCUT2D eigenvalue weighted by molar-refractivity contribution is 5.88. The van der Waals surface area contributed by atoms with E-state index in [1.165, 1.54) is 12.7 Å². The van der Waals surface area contributed by atoms with Crippen molar-refractivity contribution in [3.63, 3.8) is 0 Å². The Morgan fingerprint density at radius 2 is 1.43 bits per heavy atom. The number of alkyl carbamates (subject to hydrolysis) is 1. The molecule has 5 amide bonds. The van der Waals surface area contributed by atoms with E-state index < -0.39 is 18.2 Å². The van der Waals surface area contributed by atoms with Gasteiger partial charge in [-0.25, -0.2) is 19.6 Å². The summed E-state index contributed by atoms with van der Waals surface area (Å²) in [4.78, 5) is 71.0. The van der Waals surface area contributed by atoms with E-state index in [2.05, 4.69) is 50.2 Å². The maximum Gasteiger partial charge on any atom is 0.407 e. The third-order valence-corrected chi connectivity index (χ3v) is 11.4. The lowest BCUT2D eigenvalue weighted by atomic mass is 9.77. The smallest absolute Gasteiger partial charge is 0.407 e. The van der Waals surface area contributed by atoms with E-state index in [0.717, 1.165) is 80.0 Å². The van der Waals surface area contributed by atoms with Gasteiger partial charge in [-0.05, 0) is 80.8 Å². The number of H-pyrrole nitrogens is 2. The molecule has 2 saturated heterocycles. The summed E-state index contributed by atoms with van der Waals surface area (Å²) in [7, 11) is 2.85. The zero-order valence-corrected chi connectivity index (χ0v) is 31.6. The minimum absolute atomic E-state index is 0.0505. The lowest BCUT2D eigenvalue weighted by Crippen LogP contribution is -2.53. The quantitative estimate of drug-likeness (QED) is 0.169. The predicted octanol–water partition coefficient (Wildman–Crippen LogP) is 5.66. The first-order valence-corrected chi connectivity index (χ1v) is 19.2. The number of carbonyl (C=O) groups excluding carboxylic acids is 4. The zero-order valence-electron chi connectivity index (χ0n) is 31.6. The number of carbonyl (C=O) groups is 4. The van der Waals surface area contributed by atoms with Crippen LogP contribution in [0.4, 0.5) is 9.59 Å². The second-order valence-corrected chi connectivity index (χ2v) is 15.0. The monoisotopic (exact) mass is 729 g/mol. The second-order valence-electron chi connectivity index (χ2n) is 15.0. The lowest BCUT2D eigenvalue weighted by Gasteiger charge is -2.30. The van der Waals surface area contributed by atoms with Crippen molar-refractivity contribution in [3.05, 3.63) is 59.6 Å². The number of rotatable bonds is 11. The number of aromatic nitrogens is 4. The Bertz CT molecular complexity index is 1730. The number of ether oxygens (including phenoxy) is 1. The number of methoxy groups -OCH3 is 1. The number of hydrogen-bond acceptors (Lipinski definition) is 7. The number of urea groups is 1. The third kappa shape index (κ3) is 8.36. The van der Waals surface area contributed by atoms with E-state index >= 15 is 0 Å². The van der Waals surface area contributed by atoms with E-state index in [0.29, 0.717) is 31.3 Å². The molecule has 3 aromatic rings. The van der Waals surface area contributed by atoms with Crippen LogP contribution in [0.5, 0.6) is 0 Å². The molecule has 5 N–H and O–H groups in total. The summed E-state index contributed by atoms with van der Waals surface area (Å²) in [6.07, 6.45) is 11.4. The van der Waals surface area contributed by atoms with Crippen LogP contribution in [0.25, 0.3) is 11.3 Å². The highest BCUT2D eigenvalue weighted by Crippen LogP contribution is 2.41. The molecule has 1 aromatic carbocycles. The molecule has 3 fully saturated rings. The van der Waals surface area contributed by atoms with E-state index in [9.17, 15) is 19.2 Å². The third-order valence-electron chi connectivity index (χ3n) is 11.4. The normalized spacial score (nSPS) is 22.8. The number of hydrogen-bond donors (Lipinski definition) is 5. The van der Waals surface area contributed by atoms with Gasteiger partial charge in [-0.15, -0.1) is 0 Å². The molecular formula is C39H55N9O5. The summed E-state index contributed by atoms with van der Waals surface area (Å²) < 4.78 is 4.72. The van der Waals surface area contributed by atoms with Gasteiger partial charge in [0.05, 0.1) is 31.1 Å². The lowest BCUT2D eigenvalue weighted by molar-refractivity contribution is -0.135. The van der Waals surface area contributed by atoms with Crippen molar-refractivity contribution in [1.82, 2.24) is 45.7 Å². The Labute approximate surface area is 311 Å². The molecular weight excluding hydrogens is 674 g/mol. The predicted molar refractivity (Wildman–Crippen MR) is 200 cm³/mol. The van der Waals surface area contributed by atoms with Crippen LogP contribution < -0.4 is 16.0 Å². The van der Waals surface area contributed by atoms with Crippen LogP contribution in [0, 0.1) is 5.92 Å². The van der Waals surface area contributed by atoms with Gasteiger partial charge in [0, 0.05) is 37.9 Å². The molecule has 53 heavy (non-hydrogen) atoms. The molecule has 0 bridgehead atoms. The van der Waals surface area contributed by atoms with Crippen LogP contribution >= 0.6 is 0 Å². The van der Waals surface area contributed by atoms with E-state index in [4.69, 9.17) is 14.7 Å². The van der Waals surface area contributed by atoms with Gasteiger partial charge in [-0.1, -0.05) is 45.0 Å². The fourth-order valence-electron chi connectivity index (χ4n) is 8.33. The van der Waals surface area contributed by atoms with Crippen molar-refractivity contribution >= 4 is 23.9 Å². The SMILES string of the molecule is CC[C@@H](NC(=O)OC)C(=O)N1CCC[C@H]1c1ncc(C2CCC(c3ccc(-c4cnc([C@@H]5CCCN5C(=O)[C@@H](NC(=O)NC)C(C)C)[nH]4)cc3)CC2)[nH]1. The number of nitrogens with zero attached hydrogens (tertiary/aromatic N) is 4. The Morgan fingerprint density at radius 3 is 2.04 bits per heavy atom. The zero-order chi connectivity index (χ0) is 37.6. The van der Waals surface area contributed by atoms with E-state index in [1.807, 2.05) is 43.0 Å². The number of likely N-dealkylation sites (tertiary alicyclic amines) is 2. The van der Waals surface area contributed by atoms with Crippen LogP contribution in [0.3, 0.4) is 0 Å². The van der Waals surface area contributed by atoms with Crippen molar-refractivity contribution in [2.45, 2.75) is 115 Å². The second kappa shape index (κ2) is 16.9. The average Bonchev–Trinajstić information content (AvgIpc) is 4.02. The van der Waals surface area contributed by atoms with Crippen LogP contribution in [0.15, 0.2) is 36.7 Å². The molecule has 4 heterocycles. The minimum Gasteiger partial charge on any atom is -0.453 e. The van der Waals surface area contributed by atoms with Gasteiger partial charge in [0.2, 0.25) is 11.8 Å². The Hall–Kier alpha value is -4.88. The molecule has 2 aromatic heterocycles. The Morgan fingerprint density at radius 1 is 0.830 bits per heavy atom. The summed E-state index contributed by atoms with van der Waals surface area (Å²) in [6.45, 7) is 7.03. The largest absolute Gasteiger partial charge is 0.453 e. The first-order chi connectivity index (χ1) is 25.6. The highest BCUT2D eigenvalue weighted by Gasteiger charge is 2.38. The molecule has 3 aliphatic rings. The summed E-state index contributed by atoms with van der Waals surface area (Å²) >= 11 is 0. The number of benzene rings is 1. The number of imidazole rings is 2. The van der Waals surface area contributed by atoms with Crippen molar-refractivity contribution in [3.8, 4) is 11.3 Å². The van der Waals surface area contributed by atoms with E-state index in [-0.39, 0.29) is 35.8 Å². The fourth-order valence-corrected chi connectivity index (χ4v) is 8.33. The van der Waals surface area contributed by atoms with Crippen molar-refractivity contribution in [1.29, 1.82) is 0 Å². The molecule has 4 atom stereocenters. The van der Waals surface area contributed by atoms with Gasteiger partial charge >= 0.3 is 12.1 Å². The molecule has 0 unspecified atom stereocenters. The molecule has 286 valence electrons. The fraction of sp³-hybridized carbons (Fsp3) is 0.590. The Kier molecular flexibility index (Phi) is 12.0. The van der Waals surface area contributed by atoms with Gasteiger partial charge < -0.3 is 40.5 Å². The van der Waals surface area contributed by atoms with Crippen molar-refractivity contribution in [2.75, 3.05) is 27.2 Å². The van der Waals surface area contributed by atoms with Gasteiger partial charge in [0.1, 0.15) is 23.7 Å². The van der Waals surface area contributed by atoms with Gasteiger partial charge in [-0.3, -0.25) is 9.59 Å². The summed E-state index contributed by atoms with van der Waals surface area (Å²) in [5, 5.41) is 8.03. The molecule has 2 aliphatic heterocycles. The maximum atomic E-state index is 13.6. The average molecular weight is 730 g/mol. The topological polar surface area (TPSA) is 177 Å². The van der Waals surface area contributed by atoms with E-state index in [1.54, 1.807) is 7.05 Å². The molecule has 1 saturated carbocycles. The molecule has 0 spiro atoms. The van der Waals surface area contributed by atoms with Gasteiger partial charge in [-0.2, -0.15) is 0 Å². The number of nitrogens with one attached hydrogen (secondary N) is 5. The van der Waals surface area contributed by atoms with Crippen molar-refractivity contribution in [2.24, 2.45) is 5.92 Å². The summed E-state index contributed by atoms with van der Waals surface area (Å²) in [5.74, 6) is 2.23. The van der Waals surface area contributed by atoms with Crippen LogP contribution in [0.1, 0.15) is 125 Å². The first kappa shape index (κ1) is 37.9. The summed E-state index contributed by atoms with van der Waals surface area (Å²) in [6, 6.07) is 6.87. The van der Waals surface area contributed by atoms with Crippen LogP contribution in [-0.4, -0.2) is 93.0 Å². The number of aromatic amines is 2. The Balaban J connectivity index is 1.04. The van der Waals surface area contributed by atoms with Crippen LogP contribution in [0.2, 0.25) is 0 Å². The molecule has 1 aliphatic carbocycles. The minimum atomic E-state index is -0.623. The summed E-state index contributed by atoms with van der Waals surface area (Å²) in [5.41, 5.74) is 4.43. The highest BCUT2D eigenvalue weighted by atomic mass is 16.5. The maximum absolute atomic E-state index is 13.6. The number of amides is 5. The molecule has 14 heteroatoms. The van der Waals surface area contributed by atoms with Crippen molar-refractivity contribution < 1.29 is 23.9 Å². The molecule has 0 radical (unpaired) electrons. The van der Waals surface area contributed by atoms with Crippen LogP contribution in [-0.2, 0) is 14.3 Å². The molecule has 14 nitrogen and oxygen atoms in total. The van der Waals surface area contributed by atoms with Gasteiger partial charge in [0.15, 0.2) is 0 Å². The molecule has 6 rings (SSSR count). The standard InChI is InChI=1S/C39H55N9O5/c1-6-28(45-39(52)53-5)36(49)47-19-7-9-31(47)34-41-21-29(43-34)26-15-11-24(12-16-26)25-13-17-27(18-14-25)30-22-42-35(44-30)32-10-8-20-48(32)37(50)33(23(2)3)46-38(51)40-4/h13-14,17-18,21-24,26,28,31-33H,6-12,15-16,19-20H2,1-5H3,(H,41,43)(H,42,44)(H,45,52)(H2,40,46,51)/t24?,26?,28-,31+,32+,33+/m1/s1. The van der Waals surface area contributed by atoms with Gasteiger partial charge in [0.25, 0.3) is 0 Å².